The van der Waals surface area contributed by atoms with Gasteiger partial charge in [0.2, 0.25) is 0 Å². The number of piperidine rings is 1. The molecule has 0 radical (unpaired) electrons. The fraction of sp³-hybridized carbons (Fsp3) is 0.387. The van der Waals surface area contributed by atoms with Crippen molar-refractivity contribution >= 4 is 39.6 Å². The summed E-state index contributed by atoms with van der Waals surface area (Å²) < 4.78 is 19.2. The fourth-order valence-corrected chi connectivity index (χ4v) is 6.72. The molecule has 10 heteroatoms. The topological polar surface area (TPSA) is 78.1 Å². The van der Waals surface area contributed by atoms with Crippen molar-refractivity contribution in [2.24, 2.45) is 5.92 Å². The van der Waals surface area contributed by atoms with Gasteiger partial charge in [-0.25, -0.2) is 14.2 Å². The SMILES string of the molecule is CN1CCC(CN(C)C(=O)N2CCn3cc(C4=C(c5cnc6ccccn56)C(=O)CN4)c4cc(F)cc(c43)C2)CC1. The highest BCUT2D eigenvalue weighted by atomic mass is 19.1. The van der Waals surface area contributed by atoms with Gasteiger partial charge in [0.05, 0.1) is 35.2 Å². The maximum Gasteiger partial charge on any atom is 0.320 e. The molecule has 1 aromatic carbocycles. The number of amides is 2. The minimum absolute atomic E-state index is 0.0204. The van der Waals surface area contributed by atoms with Gasteiger partial charge in [0, 0.05) is 56.6 Å². The molecular formula is C31H34FN7O2. The molecule has 1 fully saturated rings. The summed E-state index contributed by atoms with van der Waals surface area (Å²) in [7, 11) is 4.02. The molecule has 4 aromatic rings. The van der Waals surface area contributed by atoms with Gasteiger partial charge >= 0.3 is 6.03 Å². The van der Waals surface area contributed by atoms with Gasteiger partial charge in [0.15, 0.2) is 5.78 Å². The van der Waals surface area contributed by atoms with Gasteiger partial charge in [-0.15, -0.1) is 0 Å². The van der Waals surface area contributed by atoms with E-state index in [-0.39, 0.29) is 24.2 Å². The first-order valence-electron chi connectivity index (χ1n) is 14.3. The number of aromatic nitrogens is 3. The highest BCUT2D eigenvalue weighted by Gasteiger charge is 2.32. The summed E-state index contributed by atoms with van der Waals surface area (Å²) in [5, 5.41) is 4.03. The first-order valence-corrected chi connectivity index (χ1v) is 14.3. The maximum absolute atomic E-state index is 15.2. The van der Waals surface area contributed by atoms with E-state index < -0.39 is 0 Å². The van der Waals surface area contributed by atoms with Gasteiger partial charge in [-0.2, -0.15) is 0 Å². The molecule has 41 heavy (non-hydrogen) atoms. The van der Waals surface area contributed by atoms with E-state index in [2.05, 4.69) is 26.8 Å². The lowest BCUT2D eigenvalue weighted by molar-refractivity contribution is -0.112. The summed E-state index contributed by atoms with van der Waals surface area (Å²) in [6, 6.07) is 8.77. The Balaban J connectivity index is 1.23. The van der Waals surface area contributed by atoms with Crippen LogP contribution >= 0.6 is 0 Å². The second-order valence-corrected chi connectivity index (χ2v) is 11.6. The lowest BCUT2D eigenvalue weighted by atomic mass is 9.97. The molecule has 212 valence electrons. The summed E-state index contributed by atoms with van der Waals surface area (Å²) in [5.74, 6) is 0.114. The Hall–Kier alpha value is -4.18. The third kappa shape index (κ3) is 4.46. The fourth-order valence-electron chi connectivity index (χ4n) is 6.72. The van der Waals surface area contributed by atoms with Crippen LogP contribution in [0.2, 0.25) is 0 Å². The highest BCUT2D eigenvalue weighted by molar-refractivity contribution is 6.32. The van der Waals surface area contributed by atoms with E-state index in [4.69, 9.17) is 0 Å². The van der Waals surface area contributed by atoms with Crippen molar-refractivity contribution in [2.45, 2.75) is 25.9 Å². The zero-order valence-electron chi connectivity index (χ0n) is 23.4. The minimum Gasteiger partial charge on any atom is -0.376 e. The zero-order chi connectivity index (χ0) is 28.2. The van der Waals surface area contributed by atoms with Crippen molar-refractivity contribution in [2.75, 3.05) is 46.8 Å². The second kappa shape index (κ2) is 10.0. The molecule has 0 unspecified atom stereocenters. The third-order valence-corrected chi connectivity index (χ3v) is 8.85. The predicted molar refractivity (Wildman–Crippen MR) is 156 cm³/mol. The number of urea groups is 1. The number of Topliss-reactive ketones (excluding diaryl/α,β-unsaturated/α-hetero) is 1. The molecule has 0 spiro atoms. The summed E-state index contributed by atoms with van der Waals surface area (Å²) in [6.45, 7) is 4.46. The van der Waals surface area contributed by atoms with Crippen molar-refractivity contribution in [1.29, 1.82) is 0 Å². The number of pyridine rings is 1. The quantitative estimate of drug-likeness (QED) is 0.416. The molecule has 0 aliphatic carbocycles. The number of hydrogen-bond acceptors (Lipinski definition) is 5. The third-order valence-electron chi connectivity index (χ3n) is 8.85. The zero-order valence-corrected chi connectivity index (χ0v) is 23.4. The Morgan fingerprint density at radius 1 is 1.17 bits per heavy atom. The van der Waals surface area contributed by atoms with Crippen molar-refractivity contribution in [1.82, 2.24) is 34.0 Å². The molecule has 0 bridgehead atoms. The standard InChI is InChI=1S/C31H34FN7O2/c1-35-9-6-20(7-10-35)17-36(2)31(41)38-12-11-37-19-24(23-14-22(32)13-21(18-38)30(23)37)29-28(26(40)16-34-29)25-15-33-27-5-3-4-8-39(25)27/h3-5,8,13-15,19-20,34H,6-7,9-12,16-18H2,1-2H3. The van der Waals surface area contributed by atoms with Crippen LogP contribution in [0.5, 0.6) is 0 Å². The molecule has 7 rings (SSSR count). The first-order chi connectivity index (χ1) is 19.9. The van der Waals surface area contributed by atoms with Crippen LogP contribution in [0.3, 0.4) is 0 Å². The molecular weight excluding hydrogens is 521 g/mol. The largest absolute Gasteiger partial charge is 0.376 e. The molecule has 0 atom stereocenters. The van der Waals surface area contributed by atoms with E-state index in [9.17, 15) is 9.59 Å². The lowest BCUT2D eigenvalue weighted by Crippen LogP contribution is -2.44. The Morgan fingerprint density at radius 3 is 2.83 bits per heavy atom. The number of likely N-dealkylation sites (tertiary alicyclic amines) is 1. The number of rotatable bonds is 4. The number of benzene rings is 1. The average molecular weight is 556 g/mol. The average Bonchev–Trinajstić information content (AvgIpc) is 3.62. The summed E-state index contributed by atoms with van der Waals surface area (Å²) >= 11 is 0. The van der Waals surface area contributed by atoms with Crippen LogP contribution in [-0.2, 0) is 17.9 Å². The molecule has 1 N–H and O–H groups in total. The molecule has 3 aromatic heterocycles. The Labute approximate surface area is 237 Å². The molecule has 0 saturated carbocycles. The number of imidazole rings is 1. The second-order valence-electron chi connectivity index (χ2n) is 11.6. The maximum atomic E-state index is 15.2. The number of carbonyl (C=O) groups excluding carboxylic acids is 2. The summed E-state index contributed by atoms with van der Waals surface area (Å²) in [5.41, 5.74) is 5.16. The number of nitrogens with one attached hydrogen (secondary N) is 1. The van der Waals surface area contributed by atoms with Crippen molar-refractivity contribution < 1.29 is 14.0 Å². The highest BCUT2D eigenvalue weighted by Crippen LogP contribution is 2.37. The van der Waals surface area contributed by atoms with Crippen LogP contribution in [0.4, 0.5) is 9.18 Å². The van der Waals surface area contributed by atoms with Crippen LogP contribution in [-0.4, -0.2) is 87.3 Å². The number of hydrogen-bond donors (Lipinski definition) is 1. The Kier molecular flexibility index (Phi) is 6.30. The van der Waals surface area contributed by atoms with E-state index in [1.54, 1.807) is 6.20 Å². The number of ketones is 1. The van der Waals surface area contributed by atoms with E-state index in [1.807, 2.05) is 51.8 Å². The first kappa shape index (κ1) is 25.8. The van der Waals surface area contributed by atoms with Gasteiger partial charge in [0.1, 0.15) is 11.5 Å². The normalized spacial score (nSPS) is 18.4. The number of halogens is 1. The van der Waals surface area contributed by atoms with Crippen LogP contribution in [0.25, 0.3) is 27.8 Å². The van der Waals surface area contributed by atoms with E-state index in [0.717, 1.165) is 60.2 Å². The summed E-state index contributed by atoms with van der Waals surface area (Å²) in [4.78, 5) is 37.2. The van der Waals surface area contributed by atoms with Gasteiger partial charge in [-0.3, -0.25) is 9.20 Å². The van der Waals surface area contributed by atoms with Crippen LogP contribution < -0.4 is 5.32 Å². The van der Waals surface area contributed by atoms with Crippen molar-refractivity contribution in [3.05, 3.63) is 71.6 Å². The van der Waals surface area contributed by atoms with Gasteiger partial charge < -0.3 is 24.6 Å². The van der Waals surface area contributed by atoms with Gasteiger partial charge in [0.25, 0.3) is 0 Å². The molecule has 2 amide bonds. The van der Waals surface area contributed by atoms with Crippen LogP contribution in [0, 0.1) is 11.7 Å². The van der Waals surface area contributed by atoms with Crippen molar-refractivity contribution in [3.63, 3.8) is 0 Å². The molecule has 1 saturated heterocycles. The molecule has 6 heterocycles. The lowest BCUT2D eigenvalue weighted by Gasteiger charge is -2.33. The van der Waals surface area contributed by atoms with Crippen LogP contribution in [0.15, 0.2) is 48.9 Å². The molecule has 3 aliphatic heterocycles. The molecule has 3 aliphatic rings. The smallest absolute Gasteiger partial charge is 0.320 e. The molecule has 9 nitrogen and oxygen atoms in total. The Bertz CT molecular complexity index is 1710. The van der Waals surface area contributed by atoms with Crippen LogP contribution in [0.1, 0.15) is 29.7 Å². The number of carbonyl (C=O) groups is 2. The van der Waals surface area contributed by atoms with E-state index in [1.165, 1.54) is 12.1 Å². The van der Waals surface area contributed by atoms with Crippen molar-refractivity contribution in [3.8, 4) is 0 Å². The Morgan fingerprint density at radius 2 is 2.00 bits per heavy atom. The summed E-state index contributed by atoms with van der Waals surface area (Å²) in [6.07, 6.45) is 7.79. The van der Waals surface area contributed by atoms with E-state index >= 15 is 4.39 Å². The van der Waals surface area contributed by atoms with E-state index in [0.29, 0.717) is 42.5 Å². The number of fused-ring (bicyclic) bond motifs is 1. The number of nitrogens with zero attached hydrogens (tertiary/aromatic N) is 6. The monoisotopic (exact) mass is 555 g/mol. The minimum atomic E-state index is -0.359. The predicted octanol–water partition coefficient (Wildman–Crippen LogP) is 3.68. The van der Waals surface area contributed by atoms with Gasteiger partial charge in [-0.1, -0.05) is 6.07 Å². The van der Waals surface area contributed by atoms with Gasteiger partial charge in [-0.05, 0) is 68.7 Å².